The zero-order valence-electron chi connectivity index (χ0n) is 11.7. The Bertz CT molecular complexity index is 1050. The van der Waals surface area contributed by atoms with Crippen molar-refractivity contribution in [3.8, 4) is 11.1 Å². The molecule has 4 rings (SSSR count). The van der Waals surface area contributed by atoms with Gasteiger partial charge in [-0.05, 0) is 34.9 Å². The number of aromatic nitrogens is 3. The number of hydrogen-bond acceptors (Lipinski definition) is 3. The number of hydrogen-bond donors (Lipinski definition) is 2. The van der Waals surface area contributed by atoms with Crippen molar-refractivity contribution in [2.24, 2.45) is 0 Å². The number of aliphatic hydroxyl groups is 1. The van der Waals surface area contributed by atoms with E-state index in [1.54, 1.807) is 4.40 Å². The fourth-order valence-corrected chi connectivity index (χ4v) is 2.82. The smallest absolute Gasteiger partial charge is 0.348 e. The molecule has 0 spiro atoms. The molecule has 0 fully saturated rings. The lowest BCUT2D eigenvalue weighted by atomic mass is 9.99. The highest BCUT2D eigenvalue weighted by atomic mass is 16.3. The van der Waals surface area contributed by atoms with Crippen LogP contribution in [0.4, 0.5) is 0 Å². The molecule has 0 amide bonds. The fraction of sp³-hybridized carbons (Fsp3) is 0.0588. The number of nitrogens with one attached hydrogen (secondary N) is 1. The summed E-state index contributed by atoms with van der Waals surface area (Å²) < 4.78 is 1.56. The second kappa shape index (κ2) is 4.82. The molecule has 108 valence electrons. The van der Waals surface area contributed by atoms with E-state index in [1.165, 1.54) is 0 Å². The zero-order chi connectivity index (χ0) is 15.1. The number of aromatic amines is 1. The number of rotatable bonds is 2. The average Bonchev–Trinajstić information content (AvgIpc) is 2.95. The molecule has 0 saturated carbocycles. The molecule has 2 heterocycles. The minimum absolute atomic E-state index is 0.00409. The molecule has 0 aliphatic carbocycles. The second-order valence-electron chi connectivity index (χ2n) is 5.16. The first-order valence-electron chi connectivity index (χ1n) is 6.97. The number of pyridine rings is 1. The molecule has 0 bridgehead atoms. The first-order chi connectivity index (χ1) is 10.8. The van der Waals surface area contributed by atoms with Crippen LogP contribution in [-0.4, -0.2) is 19.7 Å². The molecule has 0 unspecified atom stereocenters. The van der Waals surface area contributed by atoms with Crippen molar-refractivity contribution in [2.45, 2.75) is 6.61 Å². The van der Waals surface area contributed by atoms with Gasteiger partial charge >= 0.3 is 5.69 Å². The second-order valence-corrected chi connectivity index (χ2v) is 5.16. The quantitative estimate of drug-likeness (QED) is 0.595. The minimum Gasteiger partial charge on any atom is -0.392 e. The predicted molar refractivity (Wildman–Crippen MR) is 84.7 cm³/mol. The highest BCUT2D eigenvalue weighted by Gasteiger charge is 2.11. The normalized spacial score (nSPS) is 11.3. The Balaban J connectivity index is 2.14. The molecular formula is C17H13N3O2. The van der Waals surface area contributed by atoms with Gasteiger partial charge in [0.2, 0.25) is 0 Å². The fourth-order valence-electron chi connectivity index (χ4n) is 2.82. The van der Waals surface area contributed by atoms with Gasteiger partial charge < -0.3 is 5.11 Å². The summed E-state index contributed by atoms with van der Waals surface area (Å²) in [6.45, 7) is -0.00409. The molecule has 0 atom stereocenters. The van der Waals surface area contributed by atoms with Crippen LogP contribution in [0.3, 0.4) is 0 Å². The average molecular weight is 291 g/mol. The lowest BCUT2D eigenvalue weighted by Gasteiger charge is -2.09. The summed E-state index contributed by atoms with van der Waals surface area (Å²) in [5.74, 6) is 0. The molecule has 2 aromatic heterocycles. The van der Waals surface area contributed by atoms with E-state index in [2.05, 4.69) is 10.2 Å². The summed E-state index contributed by atoms with van der Waals surface area (Å²) in [6, 6.07) is 17.3. The molecule has 0 saturated heterocycles. The maximum Gasteiger partial charge on any atom is 0.348 e. The highest BCUT2D eigenvalue weighted by molar-refractivity contribution is 5.97. The molecule has 22 heavy (non-hydrogen) atoms. The van der Waals surface area contributed by atoms with Crippen molar-refractivity contribution < 1.29 is 5.11 Å². The van der Waals surface area contributed by atoms with Gasteiger partial charge in [0.1, 0.15) is 0 Å². The molecule has 2 N–H and O–H groups in total. The van der Waals surface area contributed by atoms with Crippen molar-refractivity contribution in [1.29, 1.82) is 0 Å². The summed E-state index contributed by atoms with van der Waals surface area (Å²) in [5, 5.41) is 16.9. The number of benzene rings is 2. The largest absolute Gasteiger partial charge is 0.392 e. The summed E-state index contributed by atoms with van der Waals surface area (Å²) >= 11 is 0. The van der Waals surface area contributed by atoms with E-state index in [1.807, 2.05) is 54.6 Å². The maximum absolute atomic E-state index is 12.0. The first-order valence-corrected chi connectivity index (χ1v) is 6.97. The number of para-hydroxylation sites is 1. The van der Waals surface area contributed by atoms with Gasteiger partial charge in [-0.3, -0.25) is 0 Å². The van der Waals surface area contributed by atoms with Crippen LogP contribution in [0.5, 0.6) is 0 Å². The van der Waals surface area contributed by atoms with Gasteiger partial charge in [-0.2, -0.15) is 5.10 Å². The lowest BCUT2D eigenvalue weighted by Crippen LogP contribution is -2.10. The maximum atomic E-state index is 12.0. The van der Waals surface area contributed by atoms with Crippen LogP contribution in [0.25, 0.3) is 27.7 Å². The van der Waals surface area contributed by atoms with Crippen molar-refractivity contribution in [1.82, 2.24) is 14.6 Å². The van der Waals surface area contributed by atoms with Crippen molar-refractivity contribution in [3.63, 3.8) is 0 Å². The van der Waals surface area contributed by atoms with Gasteiger partial charge in [0.05, 0.1) is 12.1 Å². The Morgan fingerprint density at radius 3 is 2.82 bits per heavy atom. The van der Waals surface area contributed by atoms with Gasteiger partial charge in [0, 0.05) is 5.39 Å². The molecule has 0 radical (unpaired) electrons. The summed E-state index contributed by atoms with van der Waals surface area (Å²) in [5.41, 5.74) is 3.96. The molecule has 0 aliphatic rings. The zero-order valence-corrected chi connectivity index (χ0v) is 11.7. The van der Waals surface area contributed by atoms with E-state index >= 15 is 0 Å². The predicted octanol–water partition coefficient (Wildman–Crippen LogP) is 2.34. The van der Waals surface area contributed by atoms with Crippen LogP contribution in [0.15, 0.2) is 59.4 Å². The van der Waals surface area contributed by atoms with E-state index in [4.69, 9.17) is 0 Å². The Labute approximate surface area is 125 Å². The Hall–Kier alpha value is -2.92. The van der Waals surface area contributed by atoms with Gasteiger partial charge in [0.25, 0.3) is 0 Å². The van der Waals surface area contributed by atoms with Gasteiger partial charge in [-0.1, -0.05) is 36.4 Å². The number of fused-ring (bicyclic) bond motifs is 3. The summed E-state index contributed by atoms with van der Waals surface area (Å²) in [6.07, 6.45) is 0. The third-order valence-corrected chi connectivity index (χ3v) is 3.83. The van der Waals surface area contributed by atoms with E-state index in [0.29, 0.717) is 5.65 Å². The number of nitrogens with zero attached hydrogens (tertiary/aromatic N) is 2. The van der Waals surface area contributed by atoms with Crippen LogP contribution >= 0.6 is 0 Å². The van der Waals surface area contributed by atoms with Gasteiger partial charge in [0.15, 0.2) is 5.65 Å². The highest BCUT2D eigenvalue weighted by Crippen LogP contribution is 2.30. The van der Waals surface area contributed by atoms with Crippen molar-refractivity contribution >= 4 is 16.6 Å². The number of H-pyrrole nitrogens is 1. The van der Waals surface area contributed by atoms with Crippen LogP contribution in [0.1, 0.15) is 5.56 Å². The molecule has 0 aliphatic heterocycles. The monoisotopic (exact) mass is 291 g/mol. The van der Waals surface area contributed by atoms with E-state index in [9.17, 15) is 9.90 Å². The lowest BCUT2D eigenvalue weighted by molar-refractivity contribution is 0.282. The topological polar surface area (TPSA) is 70.4 Å². The van der Waals surface area contributed by atoms with Crippen LogP contribution in [-0.2, 0) is 6.61 Å². The molecule has 4 aromatic rings. The van der Waals surface area contributed by atoms with Crippen molar-refractivity contribution in [2.75, 3.05) is 0 Å². The van der Waals surface area contributed by atoms with Crippen LogP contribution in [0.2, 0.25) is 0 Å². The Kier molecular flexibility index (Phi) is 2.80. The third kappa shape index (κ3) is 1.83. The van der Waals surface area contributed by atoms with Crippen LogP contribution < -0.4 is 5.69 Å². The van der Waals surface area contributed by atoms with Gasteiger partial charge in [-0.25, -0.2) is 14.3 Å². The molecule has 2 aromatic carbocycles. The summed E-state index contributed by atoms with van der Waals surface area (Å²) in [7, 11) is 0. The first kappa shape index (κ1) is 12.8. The Morgan fingerprint density at radius 2 is 1.95 bits per heavy atom. The van der Waals surface area contributed by atoms with Gasteiger partial charge in [-0.15, -0.1) is 0 Å². The minimum atomic E-state index is -0.248. The van der Waals surface area contributed by atoms with E-state index in [-0.39, 0.29) is 12.3 Å². The molecule has 5 nitrogen and oxygen atoms in total. The standard InChI is InChI=1S/C17H13N3O2/c21-10-11-4-3-5-12(8-11)14-9-16-18-19-17(22)20(16)15-7-2-1-6-13(14)15/h1-9,21H,10H2,(H,19,22). The van der Waals surface area contributed by atoms with E-state index < -0.39 is 0 Å². The Morgan fingerprint density at radius 1 is 1.09 bits per heavy atom. The molecular weight excluding hydrogens is 278 g/mol. The van der Waals surface area contributed by atoms with E-state index in [0.717, 1.165) is 27.6 Å². The van der Waals surface area contributed by atoms with Crippen LogP contribution in [0, 0.1) is 0 Å². The summed E-state index contributed by atoms with van der Waals surface area (Å²) in [4.78, 5) is 12.0. The SMILES string of the molecule is O=c1[nH]nc2cc(-c3cccc(CO)c3)c3ccccc3n12. The molecule has 5 heteroatoms. The third-order valence-electron chi connectivity index (χ3n) is 3.83. The number of aliphatic hydroxyl groups excluding tert-OH is 1. The van der Waals surface area contributed by atoms with Crippen molar-refractivity contribution in [3.05, 3.63) is 70.6 Å².